The highest BCUT2D eigenvalue weighted by molar-refractivity contribution is 5.19. The summed E-state index contributed by atoms with van der Waals surface area (Å²) < 4.78 is 0. The molecule has 0 amide bonds. The van der Waals surface area contributed by atoms with E-state index in [4.69, 9.17) is 0 Å². The number of rotatable bonds is 3. The second-order valence-corrected chi connectivity index (χ2v) is 5.05. The van der Waals surface area contributed by atoms with E-state index in [1.807, 2.05) is 14.1 Å². The van der Waals surface area contributed by atoms with Crippen molar-refractivity contribution in [3.8, 4) is 0 Å². The normalized spacial score (nSPS) is 15.7. The molecule has 0 saturated carbocycles. The van der Waals surface area contributed by atoms with Crippen molar-refractivity contribution >= 4 is 0 Å². The molecule has 1 aromatic rings. The van der Waals surface area contributed by atoms with Crippen LogP contribution >= 0.6 is 0 Å². The predicted octanol–water partition coefficient (Wildman–Crippen LogP) is 1.14. The van der Waals surface area contributed by atoms with Crippen LogP contribution in [0.2, 0.25) is 0 Å². The van der Waals surface area contributed by atoms with Gasteiger partial charge in [0.25, 0.3) is 5.56 Å². The van der Waals surface area contributed by atoms with Gasteiger partial charge in [0.05, 0.1) is 5.69 Å². The van der Waals surface area contributed by atoms with Crippen LogP contribution in [-0.4, -0.2) is 35.5 Å². The minimum Gasteiger partial charge on any atom is -0.310 e. The number of nitrogens with zero attached hydrogens (tertiary/aromatic N) is 2. The van der Waals surface area contributed by atoms with Gasteiger partial charge >= 0.3 is 0 Å². The predicted molar refractivity (Wildman–Crippen MR) is 68.4 cm³/mol. The largest absolute Gasteiger partial charge is 0.310 e. The standard InChI is InChI=1S/C13H21N3O/c1-16(2)9-8-12-14-11-7-5-3-4-6-10(11)13(17)15-12/h3-9H2,1-2H3,(H,14,15,17). The van der Waals surface area contributed by atoms with Gasteiger partial charge in [-0.05, 0) is 39.8 Å². The van der Waals surface area contributed by atoms with Crippen LogP contribution in [0.4, 0.5) is 0 Å². The van der Waals surface area contributed by atoms with E-state index in [-0.39, 0.29) is 5.56 Å². The summed E-state index contributed by atoms with van der Waals surface area (Å²) in [5.41, 5.74) is 2.06. The van der Waals surface area contributed by atoms with Gasteiger partial charge < -0.3 is 9.88 Å². The molecule has 2 rings (SSSR count). The minimum atomic E-state index is 0.0886. The van der Waals surface area contributed by atoms with E-state index in [9.17, 15) is 4.79 Å². The first kappa shape index (κ1) is 12.3. The maximum Gasteiger partial charge on any atom is 0.254 e. The van der Waals surface area contributed by atoms with Crippen LogP contribution < -0.4 is 5.56 Å². The lowest BCUT2D eigenvalue weighted by Gasteiger charge is -2.10. The lowest BCUT2D eigenvalue weighted by molar-refractivity contribution is 0.409. The van der Waals surface area contributed by atoms with Gasteiger partial charge in [-0.1, -0.05) is 6.42 Å². The molecule has 94 valence electrons. The van der Waals surface area contributed by atoms with Gasteiger partial charge in [-0.25, -0.2) is 4.98 Å². The Morgan fingerprint density at radius 2 is 2.00 bits per heavy atom. The number of nitrogens with one attached hydrogen (secondary N) is 1. The van der Waals surface area contributed by atoms with Crippen LogP contribution in [0.3, 0.4) is 0 Å². The molecular weight excluding hydrogens is 214 g/mol. The van der Waals surface area contributed by atoms with Gasteiger partial charge in [-0.3, -0.25) is 4.79 Å². The van der Waals surface area contributed by atoms with Crippen molar-refractivity contribution in [2.24, 2.45) is 0 Å². The van der Waals surface area contributed by atoms with Crippen molar-refractivity contribution in [2.45, 2.75) is 38.5 Å². The molecule has 0 unspecified atom stereocenters. The Labute approximate surface area is 102 Å². The highest BCUT2D eigenvalue weighted by atomic mass is 16.1. The molecule has 4 heteroatoms. The molecule has 4 nitrogen and oxygen atoms in total. The zero-order chi connectivity index (χ0) is 12.3. The molecule has 1 N–H and O–H groups in total. The molecule has 0 aromatic carbocycles. The molecule has 17 heavy (non-hydrogen) atoms. The van der Waals surface area contributed by atoms with Gasteiger partial charge in [0.15, 0.2) is 0 Å². The molecule has 0 saturated heterocycles. The highest BCUT2D eigenvalue weighted by Crippen LogP contribution is 2.15. The summed E-state index contributed by atoms with van der Waals surface area (Å²) in [6.07, 6.45) is 6.17. The third kappa shape index (κ3) is 3.16. The monoisotopic (exact) mass is 235 g/mol. The van der Waals surface area contributed by atoms with Gasteiger partial charge in [0.2, 0.25) is 0 Å². The highest BCUT2D eigenvalue weighted by Gasteiger charge is 2.14. The molecular formula is C13H21N3O. The van der Waals surface area contributed by atoms with E-state index in [0.29, 0.717) is 0 Å². The van der Waals surface area contributed by atoms with Crippen molar-refractivity contribution in [3.63, 3.8) is 0 Å². The molecule has 0 atom stereocenters. The number of likely N-dealkylation sites (N-methyl/N-ethyl adjacent to an activating group) is 1. The Kier molecular flexibility index (Phi) is 3.94. The summed E-state index contributed by atoms with van der Waals surface area (Å²) in [5, 5.41) is 0. The van der Waals surface area contributed by atoms with Crippen molar-refractivity contribution in [1.29, 1.82) is 0 Å². The fourth-order valence-corrected chi connectivity index (χ4v) is 2.28. The summed E-state index contributed by atoms with van der Waals surface area (Å²) in [5.74, 6) is 0.837. The van der Waals surface area contributed by atoms with Gasteiger partial charge in [-0.2, -0.15) is 0 Å². The van der Waals surface area contributed by atoms with Crippen LogP contribution in [-0.2, 0) is 19.3 Å². The van der Waals surface area contributed by atoms with Gasteiger partial charge in [0, 0.05) is 18.5 Å². The number of hydrogen-bond donors (Lipinski definition) is 1. The fraction of sp³-hybridized carbons (Fsp3) is 0.692. The first-order valence-corrected chi connectivity index (χ1v) is 6.42. The first-order chi connectivity index (χ1) is 8.16. The van der Waals surface area contributed by atoms with Crippen molar-refractivity contribution in [2.75, 3.05) is 20.6 Å². The Morgan fingerprint density at radius 3 is 2.76 bits per heavy atom. The van der Waals surface area contributed by atoms with Crippen LogP contribution in [0.1, 0.15) is 36.3 Å². The molecule has 0 aliphatic heterocycles. The number of aromatic nitrogens is 2. The second-order valence-electron chi connectivity index (χ2n) is 5.05. The second kappa shape index (κ2) is 5.45. The zero-order valence-corrected chi connectivity index (χ0v) is 10.8. The van der Waals surface area contributed by atoms with Gasteiger partial charge in [-0.15, -0.1) is 0 Å². The maximum atomic E-state index is 12.0. The molecule has 0 radical (unpaired) electrons. The number of H-pyrrole nitrogens is 1. The number of fused-ring (bicyclic) bond motifs is 1. The van der Waals surface area contributed by atoms with Crippen LogP contribution in [0.15, 0.2) is 4.79 Å². The average Bonchev–Trinajstić information content (AvgIpc) is 2.51. The first-order valence-electron chi connectivity index (χ1n) is 6.42. The minimum absolute atomic E-state index is 0.0886. The Balaban J connectivity index is 2.23. The van der Waals surface area contributed by atoms with Gasteiger partial charge in [0.1, 0.15) is 5.82 Å². The fourth-order valence-electron chi connectivity index (χ4n) is 2.28. The zero-order valence-electron chi connectivity index (χ0n) is 10.8. The van der Waals surface area contributed by atoms with Crippen molar-refractivity contribution in [3.05, 3.63) is 27.4 Å². The molecule has 0 spiro atoms. The number of aryl methyl sites for hydroxylation is 1. The van der Waals surface area contributed by atoms with Crippen molar-refractivity contribution in [1.82, 2.24) is 14.9 Å². The Hall–Kier alpha value is -1.16. The lowest BCUT2D eigenvalue weighted by atomic mass is 10.1. The summed E-state index contributed by atoms with van der Waals surface area (Å²) in [6.45, 7) is 0.918. The van der Waals surface area contributed by atoms with E-state index in [1.54, 1.807) is 0 Å². The summed E-state index contributed by atoms with van der Waals surface area (Å²) in [6, 6.07) is 0. The van der Waals surface area contributed by atoms with Crippen LogP contribution in [0.25, 0.3) is 0 Å². The maximum absolute atomic E-state index is 12.0. The van der Waals surface area contributed by atoms with E-state index >= 15 is 0 Å². The molecule has 0 fully saturated rings. The van der Waals surface area contributed by atoms with E-state index < -0.39 is 0 Å². The quantitative estimate of drug-likeness (QED) is 0.799. The van der Waals surface area contributed by atoms with Crippen LogP contribution in [0.5, 0.6) is 0 Å². The molecule has 1 aliphatic carbocycles. The third-order valence-electron chi connectivity index (χ3n) is 3.29. The van der Waals surface area contributed by atoms with E-state index in [1.165, 1.54) is 6.42 Å². The number of aromatic amines is 1. The Morgan fingerprint density at radius 1 is 1.24 bits per heavy atom. The lowest BCUT2D eigenvalue weighted by Crippen LogP contribution is -2.23. The van der Waals surface area contributed by atoms with E-state index in [2.05, 4.69) is 14.9 Å². The molecule has 1 aromatic heterocycles. The Bertz CT molecular complexity index is 437. The summed E-state index contributed by atoms with van der Waals surface area (Å²) >= 11 is 0. The summed E-state index contributed by atoms with van der Waals surface area (Å²) in [4.78, 5) is 21.6. The SMILES string of the molecule is CN(C)CCc1nc2c(c(=O)[nH]1)CCCCC2. The average molecular weight is 235 g/mol. The van der Waals surface area contributed by atoms with Crippen LogP contribution in [0, 0.1) is 0 Å². The molecule has 1 heterocycles. The smallest absolute Gasteiger partial charge is 0.254 e. The number of hydrogen-bond acceptors (Lipinski definition) is 3. The topological polar surface area (TPSA) is 49.0 Å². The molecule has 1 aliphatic rings. The van der Waals surface area contributed by atoms with Crippen molar-refractivity contribution < 1.29 is 0 Å². The summed E-state index contributed by atoms with van der Waals surface area (Å²) in [7, 11) is 4.06. The third-order valence-corrected chi connectivity index (χ3v) is 3.29. The van der Waals surface area contributed by atoms with E-state index in [0.717, 1.165) is 55.7 Å². The molecule has 0 bridgehead atoms.